The Balaban J connectivity index is 1.32. The molecule has 22 nitrogen and oxygen atoms in total. The zero-order valence-corrected chi connectivity index (χ0v) is 37.1. The number of hydroxylamine groups is 2. The number of rotatable bonds is 39. The number of imide groups is 1. The van der Waals surface area contributed by atoms with Crippen LogP contribution in [0, 0.1) is 0 Å². The molecule has 2 rings (SSSR count). The van der Waals surface area contributed by atoms with Crippen LogP contribution >= 0.6 is 0 Å². The summed E-state index contributed by atoms with van der Waals surface area (Å²) in [6, 6.07) is -1.77. The van der Waals surface area contributed by atoms with Gasteiger partial charge in [0.25, 0.3) is 11.8 Å². The molecule has 2 heterocycles. The van der Waals surface area contributed by atoms with Gasteiger partial charge in [-0.2, -0.15) is 0 Å². The van der Waals surface area contributed by atoms with Crippen molar-refractivity contribution in [1.29, 1.82) is 0 Å². The van der Waals surface area contributed by atoms with Crippen LogP contribution in [0.5, 0.6) is 0 Å². The molecule has 2 aliphatic rings. The lowest BCUT2D eigenvalue weighted by Crippen LogP contribution is -2.46. The van der Waals surface area contributed by atoms with Crippen LogP contribution in [0.2, 0.25) is 0 Å². The molecule has 0 bridgehead atoms. The molecule has 2 saturated heterocycles. The van der Waals surface area contributed by atoms with Gasteiger partial charge in [-0.1, -0.05) is 0 Å². The summed E-state index contributed by atoms with van der Waals surface area (Å²) in [5.41, 5.74) is -0.849. The van der Waals surface area contributed by atoms with E-state index < -0.39 is 41.6 Å². The van der Waals surface area contributed by atoms with Crippen molar-refractivity contribution in [3.63, 3.8) is 0 Å². The van der Waals surface area contributed by atoms with Crippen LogP contribution in [0.3, 0.4) is 0 Å². The third-order valence-corrected chi connectivity index (χ3v) is 8.38. The second-order valence-electron chi connectivity index (χ2n) is 14.6. The van der Waals surface area contributed by atoms with Gasteiger partial charge >= 0.3 is 12.1 Å². The molecule has 62 heavy (non-hydrogen) atoms. The quantitative estimate of drug-likeness (QED) is 0.0646. The first-order valence-electron chi connectivity index (χ1n) is 21.2. The highest BCUT2D eigenvalue weighted by atomic mass is 16.7. The number of carbonyl (C=O) groups excluding carboxylic acids is 5. The summed E-state index contributed by atoms with van der Waals surface area (Å²) in [6.07, 6.45) is -0.877. The Morgan fingerprint density at radius 1 is 0.548 bits per heavy atom. The number of hydrogen-bond acceptors (Lipinski definition) is 19. The lowest BCUT2D eigenvalue weighted by atomic mass is 10.1. The van der Waals surface area contributed by atoms with Gasteiger partial charge in [0.2, 0.25) is 5.91 Å². The van der Waals surface area contributed by atoms with E-state index >= 15 is 0 Å². The van der Waals surface area contributed by atoms with Crippen molar-refractivity contribution in [2.75, 3.05) is 166 Å². The Hall–Kier alpha value is -3.13. The predicted molar refractivity (Wildman–Crippen MR) is 216 cm³/mol. The van der Waals surface area contributed by atoms with Crippen molar-refractivity contribution in [3.8, 4) is 0 Å². The van der Waals surface area contributed by atoms with Crippen LogP contribution in [0.15, 0.2) is 0 Å². The van der Waals surface area contributed by atoms with E-state index in [-0.39, 0.29) is 51.3 Å². The van der Waals surface area contributed by atoms with Crippen LogP contribution in [0.1, 0.15) is 46.5 Å². The van der Waals surface area contributed by atoms with E-state index in [2.05, 4.69) is 5.32 Å². The van der Waals surface area contributed by atoms with Crippen molar-refractivity contribution in [3.05, 3.63) is 0 Å². The van der Waals surface area contributed by atoms with Gasteiger partial charge in [-0.3, -0.25) is 19.3 Å². The minimum atomic E-state index is -1.17. The Bertz CT molecular complexity index is 1210. The maximum atomic E-state index is 12.9. The lowest BCUT2D eigenvalue weighted by molar-refractivity contribution is -0.200. The molecule has 4 amide bonds. The number of amides is 4. The van der Waals surface area contributed by atoms with Gasteiger partial charge in [-0.25, -0.2) is 9.59 Å². The summed E-state index contributed by atoms with van der Waals surface area (Å²) < 4.78 is 70.3. The SMILES string of the molecule is COCCOCCOCCOCCOCCOCCOCCOCCOCCOCCOCCOCCC(=O)NC1CC(C(=O)ON2C(=O)CCC2=O)N(C(=O)OC(C)(C)C)C1. The number of likely N-dealkylation sites (tertiary alicyclic amines) is 1. The molecule has 0 radical (unpaired) electrons. The zero-order valence-electron chi connectivity index (χ0n) is 37.1. The van der Waals surface area contributed by atoms with Gasteiger partial charge in [0.05, 0.1) is 152 Å². The summed E-state index contributed by atoms with van der Waals surface area (Å²) in [6.45, 7) is 15.2. The fourth-order valence-corrected chi connectivity index (χ4v) is 5.40. The first-order chi connectivity index (χ1) is 30.0. The van der Waals surface area contributed by atoms with Gasteiger partial charge in [0.15, 0.2) is 0 Å². The van der Waals surface area contributed by atoms with E-state index in [0.29, 0.717) is 144 Å². The molecule has 2 atom stereocenters. The van der Waals surface area contributed by atoms with Crippen molar-refractivity contribution in [2.45, 2.75) is 64.1 Å². The molecule has 2 aliphatic heterocycles. The fourth-order valence-electron chi connectivity index (χ4n) is 5.40. The maximum Gasteiger partial charge on any atom is 0.411 e. The predicted octanol–water partition coefficient (Wildman–Crippen LogP) is 0.307. The second-order valence-corrected chi connectivity index (χ2v) is 14.6. The molecule has 0 aliphatic carbocycles. The Morgan fingerprint density at radius 2 is 0.887 bits per heavy atom. The minimum absolute atomic E-state index is 0.00844. The Morgan fingerprint density at radius 3 is 1.23 bits per heavy atom. The topological polar surface area (TPSA) is 233 Å². The smallest absolute Gasteiger partial charge is 0.411 e. The highest BCUT2D eigenvalue weighted by Gasteiger charge is 2.45. The van der Waals surface area contributed by atoms with Gasteiger partial charge in [0, 0.05) is 45.4 Å². The van der Waals surface area contributed by atoms with Crippen LogP contribution in [-0.4, -0.2) is 223 Å². The largest absolute Gasteiger partial charge is 0.444 e. The van der Waals surface area contributed by atoms with Crippen LogP contribution in [0.25, 0.3) is 0 Å². The average molecular weight is 898 g/mol. The molecule has 22 heteroatoms. The first-order valence-corrected chi connectivity index (χ1v) is 21.2. The standard InChI is InChI=1S/C40H71N3O19/c1-40(2,3)61-39(48)42-32-33(31-34(42)38(47)62-43-36(45)5-6-37(43)46)41-35(44)7-8-50-11-12-52-15-16-54-19-20-56-23-24-58-27-28-60-30-29-59-26-25-57-22-21-55-18-17-53-14-13-51-10-9-49-4/h33-34H,5-32H2,1-4H3,(H,41,44). The molecule has 2 unspecified atom stereocenters. The van der Waals surface area contributed by atoms with Crippen molar-refractivity contribution >= 4 is 29.8 Å². The van der Waals surface area contributed by atoms with E-state index in [9.17, 15) is 24.0 Å². The van der Waals surface area contributed by atoms with E-state index in [0.717, 1.165) is 4.90 Å². The minimum Gasteiger partial charge on any atom is -0.444 e. The van der Waals surface area contributed by atoms with Gasteiger partial charge < -0.3 is 71.7 Å². The summed E-state index contributed by atoms with van der Waals surface area (Å²) in [5, 5.41) is 3.22. The van der Waals surface area contributed by atoms with Crippen molar-refractivity contribution < 1.29 is 90.4 Å². The summed E-state index contributed by atoms with van der Waals surface area (Å²) in [7, 11) is 1.63. The number of hydrogen-bond donors (Lipinski definition) is 1. The Kier molecular flexibility index (Phi) is 31.3. The fraction of sp³-hybridized carbons (Fsp3) is 0.875. The van der Waals surface area contributed by atoms with Crippen LogP contribution < -0.4 is 5.32 Å². The van der Waals surface area contributed by atoms with Crippen molar-refractivity contribution in [1.82, 2.24) is 15.3 Å². The number of carbonyl (C=O) groups is 5. The summed E-state index contributed by atoms with van der Waals surface area (Å²) in [5.74, 6) is -2.59. The van der Waals surface area contributed by atoms with E-state index in [1.165, 1.54) is 0 Å². The normalized spacial score (nSPS) is 16.7. The first kappa shape index (κ1) is 55.0. The maximum absolute atomic E-state index is 12.9. The van der Waals surface area contributed by atoms with E-state index in [1.54, 1.807) is 27.9 Å². The molecule has 0 saturated carbocycles. The monoisotopic (exact) mass is 897 g/mol. The molecule has 0 aromatic carbocycles. The third-order valence-electron chi connectivity index (χ3n) is 8.38. The highest BCUT2D eigenvalue weighted by Crippen LogP contribution is 2.24. The lowest BCUT2D eigenvalue weighted by Gasteiger charge is -2.27. The number of methoxy groups -OCH3 is 1. The molecule has 0 spiro atoms. The van der Waals surface area contributed by atoms with Crippen LogP contribution in [0.4, 0.5) is 4.79 Å². The van der Waals surface area contributed by atoms with Gasteiger partial charge in [-0.05, 0) is 20.8 Å². The number of ether oxygens (including phenoxy) is 13. The van der Waals surface area contributed by atoms with Crippen molar-refractivity contribution in [2.24, 2.45) is 0 Å². The highest BCUT2D eigenvalue weighted by molar-refractivity contribution is 6.02. The molecule has 0 aromatic heterocycles. The average Bonchev–Trinajstić information content (AvgIpc) is 3.80. The van der Waals surface area contributed by atoms with E-state index in [4.69, 9.17) is 66.4 Å². The van der Waals surface area contributed by atoms with Gasteiger partial charge in [-0.15, -0.1) is 5.06 Å². The van der Waals surface area contributed by atoms with Gasteiger partial charge in [0.1, 0.15) is 11.6 Å². The number of nitrogens with zero attached hydrogens (tertiary/aromatic N) is 2. The zero-order chi connectivity index (χ0) is 45.1. The Labute approximate surface area is 364 Å². The molecule has 1 N–H and O–H groups in total. The molecule has 0 aromatic rings. The second kappa shape index (κ2) is 35.2. The molecular formula is C40H71N3O19. The van der Waals surface area contributed by atoms with E-state index in [1.807, 2.05) is 0 Å². The summed E-state index contributed by atoms with van der Waals surface area (Å²) >= 11 is 0. The molecule has 360 valence electrons. The number of nitrogens with one attached hydrogen (secondary N) is 1. The summed E-state index contributed by atoms with van der Waals surface area (Å²) in [4.78, 5) is 68.5. The molecule has 2 fully saturated rings. The third kappa shape index (κ3) is 27.8. The van der Waals surface area contributed by atoms with Crippen LogP contribution in [-0.2, 0) is 85.6 Å². The molecular weight excluding hydrogens is 826 g/mol.